The van der Waals surface area contributed by atoms with Crippen LogP contribution in [0.15, 0.2) is 70.4 Å². The van der Waals surface area contributed by atoms with Gasteiger partial charge in [-0.15, -0.1) is 0 Å². The van der Waals surface area contributed by atoms with Crippen LogP contribution in [0, 0.1) is 12.8 Å². The van der Waals surface area contributed by atoms with Gasteiger partial charge in [-0.3, -0.25) is 18.7 Å². The van der Waals surface area contributed by atoms with Gasteiger partial charge in [0.25, 0.3) is 11.1 Å². The van der Waals surface area contributed by atoms with Crippen LogP contribution >= 0.6 is 0 Å². The summed E-state index contributed by atoms with van der Waals surface area (Å²) in [6.45, 7) is 6.11. The maximum Gasteiger partial charge on any atom is 0.265 e. The number of para-hydroxylation sites is 1. The van der Waals surface area contributed by atoms with Crippen LogP contribution in [-0.2, 0) is 12.8 Å². The second-order valence-corrected chi connectivity index (χ2v) is 9.67. The molecule has 0 radical (unpaired) electrons. The molecule has 8 nitrogen and oxygen atoms in total. The first-order chi connectivity index (χ1) is 18.2. The van der Waals surface area contributed by atoms with E-state index in [0.29, 0.717) is 41.0 Å². The first-order valence-electron chi connectivity index (χ1n) is 12.6. The minimum absolute atomic E-state index is 0.129. The summed E-state index contributed by atoms with van der Waals surface area (Å²) in [6.07, 6.45) is 3.20. The molecular formula is C30H33N3O5. The van der Waals surface area contributed by atoms with E-state index in [1.54, 1.807) is 35.0 Å². The van der Waals surface area contributed by atoms with E-state index in [-0.39, 0.29) is 23.4 Å². The van der Waals surface area contributed by atoms with Crippen LogP contribution in [0.3, 0.4) is 0 Å². The highest BCUT2D eigenvalue weighted by molar-refractivity contribution is 5.58. The molecule has 8 heteroatoms. The number of hydrogen-bond donors (Lipinski definition) is 1. The third-order valence-electron chi connectivity index (χ3n) is 6.45. The minimum atomic E-state index is -0.391. The average molecular weight is 516 g/mol. The first kappa shape index (κ1) is 26.7. The fraction of sp³-hybridized carbons (Fsp3) is 0.300. The van der Waals surface area contributed by atoms with E-state index in [1.807, 2.05) is 31.2 Å². The Bertz CT molecular complexity index is 1530. The van der Waals surface area contributed by atoms with Gasteiger partial charge in [-0.1, -0.05) is 38.1 Å². The lowest BCUT2D eigenvalue weighted by atomic mass is 10.0. The van der Waals surface area contributed by atoms with E-state index in [0.717, 1.165) is 17.5 Å². The van der Waals surface area contributed by atoms with E-state index >= 15 is 0 Å². The predicted molar refractivity (Wildman–Crippen MR) is 147 cm³/mol. The zero-order valence-corrected chi connectivity index (χ0v) is 22.4. The Morgan fingerprint density at radius 3 is 2.21 bits per heavy atom. The molecule has 2 aromatic heterocycles. The van der Waals surface area contributed by atoms with Crippen LogP contribution in [-0.4, -0.2) is 33.4 Å². The van der Waals surface area contributed by atoms with Crippen LogP contribution in [0.5, 0.6) is 17.4 Å². The Kier molecular flexibility index (Phi) is 8.00. The van der Waals surface area contributed by atoms with Crippen LogP contribution in [0.25, 0.3) is 11.4 Å². The molecule has 0 unspecified atom stereocenters. The number of aromatic hydroxyl groups is 1. The molecule has 4 rings (SSSR count). The number of nitrogens with zero attached hydrogens (tertiary/aromatic N) is 3. The van der Waals surface area contributed by atoms with E-state index in [1.165, 1.54) is 24.9 Å². The second kappa shape index (κ2) is 11.4. The lowest BCUT2D eigenvalue weighted by molar-refractivity contribution is 0.387. The summed E-state index contributed by atoms with van der Waals surface area (Å²) in [4.78, 5) is 30.7. The summed E-state index contributed by atoms with van der Waals surface area (Å²) in [5.41, 5.74) is 2.56. The Morgan fingerprint density at radius 2 is 1.61 bits per heavy atom. The zero-order valence-electron chi connectivity index (χ0n) is 22.4. The molecule has 0 amide bonds. The molecular weight excluding hydrogens is 482 g/mol. The van der Waals surface area contributed by atoms with Crippen molar-refractivity contribution in [1.82, 2.24) is 14.1 Å². The third kappa shape index (κ3) is 5.49. The van der Waals surface area contributed by atoms with Crippen molar-refractivity contribution in [2.75, 3.05) is 14.2 Å². The van der Waals surface area contributed by atoms with Crippen molar-refractivity contribution < 1.29 is 14.6 Å². The topological polar surface area (TPSA) is 95.6 Å². The summed E-state index contributed by atoms with van der Waals surface area (Å²) in [5.74, 6) is 1.44. The number of pyridine rings is 1. The van der Waals surface area contributed by atoms with Crippen molar-refractivity contribution in [3.8, 4) is 28.8 Å². The van der Waals surface area contributed by atoms with E-state index in [2.05, 4.69) is 18.8 Å². The van der Waals surface area contributed by atoms with Crippen molar-refractivity contribution in [3.05, 3.63) is 104 Å². The molecule has 0 fully saturated rings. The van der Waals surface area contributed by atoms with Gasteiger partial charge in [-0.2, -0.15) is 4.98 Å². The molecule has 0 spiro atoms. The lowest BCUT2D eigenvalue weighted by Gasteiger charge is -2.20. The van der Waals surface area contributed by atoms with Crippen molar-refractivity contribution in [1.29, 1.82) is 0 Å². The summed E-state index contributed by atoms with van der Waals surface area (Å²) in [7, 11) is 3.07. The van der Waals surface area contributed by atoms with Crippen LogP contribution in [0.4, 0.5) is 0 Å². The van der Waals surface area contributed by atoms with Gasteiger partial charge in [0.1, 0.15) is 23.0 Å². The summed E-state index contributed by atoms with van der Waals surface area (Å²) < 4.78 is 14.2. The molecule has 0 saturated heterocycles. The molecule has 0 aliphatic carbocycles. The number of benzene rings is 2. The summed E-state index contributed by atoms with van der Waals surface area (Å²) >= 11 is 0. The van der Waals surface area contributed by atoms with Crippen molar-refractivity contribution in [2.45, 2.75) is 40.0 Å². The predicted octanol–water partition coefficient (Wildman–Crippen LogP) is 4.59. The summed E-state index contributed by atoms with van der Waals surface area (Å²) in [6, 6.07) is 15.9. The lowest BCUT2D eigenvalue weighted by Crippen LogP contribution is -2.28. The van der Waals surface area contributed by atoms with Gasteiger partial charge >= 0.3 is 0 Å². The molecule has 1 N–H and O–H groups in total. The van der Waals surface area contributed by atoms with Gasteiger partial charge in [-0.05, 0) is 54.7 Å². The molecule has 198 valence electrons. The van der Waals surface area contributed by atoms with Gasteiger partial charge in [0.15, 0.2) is 0 Å². The minimum Gasteiger partial charge on any atom is -0.494 e. The monoisotopic (exact) mass is 515 g/mol. The van der Waals surface area contributed by atoms with Gasteiger partial charge in [0.2, 0.25) is 5.88 Å². The highest BCUT2D eigenvalue weighted by Gasteiger charge is 2.23. The number of aromatic nitrogens is 3. The van der Waals surface area contributed by atoms with Crippen molar-refractivity contribution >= 4 is 0 Å². The molecule has 0 aliphatic rings. The van der Waals surface area contributed by atoms with Gasteiger partial charge in [0, 0.05) is 30.8 Å². The third-order valence-corrected chi connectivity index (χ3v) is 6.45. The Hall–Kier alpha value is -4.33. The fourth-order valence-electron chi connectivity index (χ4n) is 4.38. The average Bonchev–Trinajstić information content (AvgIpc) is 2.91. The molecule has 0 saturated carbocycles. The summed E-state index contributed by atoms with van der Waals surface area (Å²) in [5, 5.41) is 10.9. The van der Waals surface area contributed by atoms with E-state index in [4.69, 9.17) is 9.47 Å². The number of rotatable bonds is 9. The molecule has 2 aromatic carbocycles. The van der Waals surface area contributed by atoms with Crippen molar-refractivity contribution in [3.63, 3.8) is 0 Å². The van der Waals surface area contributed by atoms with Crippen LogP contribution in [0.1, 0.15) is 42.8 Å². The van der Waals surface area contributed by atoms with Crippen LogP contribution < -0.4 is 20.6 Å². The zero-order chi connectivity index (χ0) is 27.4. The largest absolute Gasteiger partial charge is 0.494 e. The van der Waals surface area contributed by atoms with Gasteiger partial charge in [0.05, 0.1) is 19.8 Å². The Labute approximate surface area is 221 Å². The second-order valence-electron chi connectivity index (χ2n) is 9.67. The van der Waals surface area contributed by atoms with Crippen molar-refractivity contribution in [2.24, 2.45) is 5.92 Å². The van der Waals surface area contributed by atoms with Gasteiger partial charge < -0.3 is 14.6 Å². The highest BCUT2D eigenvalue weighted by atomic mass is 16.5. The molecule has 0 atom stereocenters. The van der Waals surface area contributed by atoms with Gasteiger partial charge in [-0.25, -0.2) is 0 Å². The quantitative estimate of drug-likeness (QED) is 0.350. The first-order valence-corrected chi connectivity index (χ1v) is 12.6. The van der Waals surface area contributed by atoms with E-state index < -0.39 is 5.56 Å². The molecule has 4 aromatic rings. The standard InChI is InChI=1S/C30H33N3O5/c1-19(2)9-15-26-31-29(35)23(30(36)33(26)28-24(37-4)7-6-8-25(28)38-5)17-21-11-13-22(14-12-21)32-18-20(3)10-16-27(32)34/h6-8,10-14,16,18-19,35H,9,15,17H2,1-5H3. The molecule has 2 heterocycles. The molecule has 0 bridgehead atoms. The van der Waals surface area contributed by atoms with E-state index in [9.17, 15) is 14.7 Å². The number of aryl methyl sites for hydroxylation is 2. The molecule has 0 aliphatic heterocycles. The highest BCUT2D eigenvalue weighted by Crippen LogP contribution is 2.33. The normalized spacial score (nSPS) is 11.1. The smallest absolute Gasteiger partial charge is 0.265 e. The number of hydrogen-bond acceptors (Lipinski definition) is 6. The Balaban J connectivity index is 1.81. The maximum absolute atomic E-state index is 14.0. The van der Waals surface area contributed by atoms with Crippen LogP contribution in [0.2, 0.25) is 0 Å². The molecule has 38 heavy (non-hydrogen) atoms. The fourth-order valence-corrected chi connectivity index (χ4v) is 4.38. The number of ether oxygens (including phenoxy) is 2. The maximum atomic E-state index is 14.0. The Morgan fingerprint density at radius 1 is 0.947 bits per heavy atom. The number of methoxy groups -OCH3 is 2. The SMILES string of the molecule is COc1cccc(OC)c1-n1c(CCC(C)C)nc(O)c(Cc2ccc(-n3cc(C)ccc3=O)cc2)c1=O.